The van der Waals surface area contributed by atoms with Crippen LogP contribution in [0, 0.1) is 6.92 Å². The van der Waals surface area contributed by atoms with Crippen molar-refractivity contribution in [2.24, 2.45) is 0 Å². The number of rotatable bonds is 10. The van der Waals surface area contributed by atoms with Gasteiger partial charge in [0.25, 0.3) is 0 Å². The molecule has 0 aliphatic carbocycles. The molecule has 2 aromatic rings. The minimum absolute atomic E-state index is 0.0759. The SMILES string of the molecule is CC[C@@H](C(=O)NC(C)C)N(Cc1c(Cl)cccc1Cl)C(=O)CN(c1cccc(Cl)c1C)S(C)(=O)=O. The fraction of sp³-hybridized carbons (Fsp3) is 0.417. The minimum Gasteiger partial charge on any atom is -0.352 e. The standard InChI is InChI=1S/C24H30Cl3N3O4S/c1-6-21(24(32)28-15(2)3)29(13-17-19(26)10-7-11-20(17)27)23(31)14-30(35(5,33)34)22-12-8-9-18(25)16(22)4/h7-12,15,21H,6,13-14H2,1-5H3,(H,28,32)/t21-/m0/s1. The lowest BCUT2D eigenvalue weighted by Gasteiger charge is -2.34. The zero-order valence-electron chi connectivity index (χ0n) is 20.3. The molecule has 0 aliphatic heterocycles. The summed E-state index contributed by atoms with van der Waals surface area (Å²) < 4.78 is 26.4. The fourth-order valence-corrected chi connectivity index (χ4v) is 5.20. The predicted octanol–water partition coefficient (Wildman–Crippen LogP) is 5.05. The number of halogens is 3. The van der Waals surface area contributed by atoms with Crippen molar-refractivity contribution < 1.29 is 18.0 Å². The molecular weight excluding hydrogens is 533 g/mol. The molecule has 0 aliphatic rings. The van der Waals surface area contributed by atoms with Crippen LogP contribution >= 0.6 is 34.8 Å². The minimum atomic E-state index is -3.87. The fourth-order valence-electron chi connectivity index (χ4n) is 3.61. The summed E-state index contributed by atoms with van der Waals surface area (Å²) >= 11 is 18.9. The van der Waals surface area contributed by atoms with Gasteiger partial charge < -0.3 is 10.2 Å². The monoisotopic (exact) mass is 561 g/mol. The number of nitrogens with zero attached hydrogens (tertiary/aromatic N) is 2. The van der Waals surface area contributed by atoms with Crippen LogP contribution in [0.5, 0.6) is 0 Å². The topological polar surface area (TPSA) is 86.8 Å². The summed E-state index contributed by atoms with van der Waals surface area (Å²) in [7, 11) is -3.87. The maximum atomic E-state index is 13.7. The number of sulfonamides is 1. The Balaban J connectivity index is 2.55. The van der Waals surface area contributed by atoms with E-state index in [-0.39, 0.29) is 24.2 Å². The molecule has 35 heavy (non-hydrogen) atoms. The number of nitrogens with one attached hydrogen (secondary N) is 1. The first-order chi connectivity index (χ1) is 16.3. The number of amides is 2. The zero-order valence-corrected chi connectivity index (χ0v) is 23.4. The largest absolute Gasteiger partial charge is 0.352 e. The van der Waals surface area contributed by atoms with Gasteiger partial charge in [-0.1, -0.05) is 53.9 Å². The van der Waals surface area contributed by atoms with E-state index in [0.717, 1.165) is 10.6 Å². The highest BCUT2D eigenvalue weighted by molar-refractivity contribution is 7.92. The smallest absolute Gasteiger partial charge is 0.244 e. The predicted molar refractivity (Wildman–Crippen MR) is 143 cm³/mol. The van der Waals surface area contributed by atoms with E-state index < -0.39 is 28.5 Å². The summed E-state index contributed by atoms with van der Waals surface area (Å²) in [5.74, 6) is -0.944. The third kappa shape index (κ3) is 7.49. The van der Waals surface area contributed by atoms with E-state index in [1.807, 2.05) is 13.8 Å². The van der Waals surface area contributed by atoms with Gasteiger partial charge in [0, 0.05) is 33.2 Å². The van der Waals surface area contributed by atoms with Gasteiger partial charge in [-0.3, -0.25) is 13.9 Å². The first kappa shape index (κ1) is 29.2. The first-order valence-electron chi connectivity index (χ1n) is 11.0. The van der Waals surface area contributed by atoms with Gasteiger partial charge in [-0.25, -0.2) is 8.42 Å². The number of benzene rings is 2. The molecule has 0 saturated carbocycles. The molecule has 0 heterocycles. The second-order valence-corrected chi connectivity index (χ2v) is 11.6. The van der Waals surface area contributed by atoms with Gasteiger partial charge in [0.05, 0.1) is 11.9 Å². The summed E-state index contributed by atoms with van der Waals surface area (Å²) in [5.41, 5.74) is 1.26. The molecule has 0 unspecified atom stereocenters. The van der Waals surface area contributed by atoms with Crippen molar-refractivity contribution in [1.29, 1.82) is 0 Å². The molecule has 2 rings (SSSR count). The van der Waals surface area contributed by atoms with Crippen LogP contribution < -0.4 is 9.62 Å². The van der Waals surface area contributed by atoms with E-state index >= 15 is 0 Å². The number of hydrogen-bond acceptors (Lipinski definition) is 4. The Morgan fingerprint density at radius 3 is 2.06 bits per heavy atom. The van der Waals surface area contributed by atoms with Crippen LogP contribution in [0.25, 0.3) is 0 Å². The molecule has 2 aromatic carbocycles. The molecule has 0 fully saturated rings. The summed E-state index contributed by atoms with van der Waals surface area (Å²) in [5, 5.41) is 3.86. The molecule has 2 amide bonds. The molecule has 0 saturated heterocycles. The van der Waals surface area contributed by atoms with E-state index in [1.54, 1.807) is 50.2 Å². The van der Waals surface area contributed by atoms with Crippen LogP contribution in [-0.4, -0.2) is 50.0 Å². The van der Waals surface area contributed by atoms with Crippen LogP contribution in [0.4, 0.5) is 5.69 Å². The number of anilines is 1. The van der Waals surface area contributed by atoms with E-state index in [0.29, 0.717) is 32.6 Å². The molecule has 0 radical (unpaired) electrons. The summed E-state index contributed by atoms with van der Waals surface area (Å²) in [4.78, 5) is 28.1. The van der Waals surface area contributed by atoms with E-state index in [1.165, 1.54) is 4.90 Å². The molecule has 192 valence electrons. The van der Waals surface area contributed by atoms with Gasteiger partial charge >= 0.3 is 0 Å². The van der Waals surface area contributed by atoms with Crippen molar-refractivity contribution in [2.75, 3.05) is 17.1 Å². The van der Waals surface area contributed by atoms with Crippen molar-refractivity contribution in [3.8, 4) is 0 Å². The van der Waals surface area contributed by atoms with Gasteiger partial charge in [-0.2, -0.15) is 0 Å². The quantitative estimate of drug-likeness (QED) is 0.439. The zero-order chi connectivity index (χ0) is 26.5. The average Bonchev–Trinajstić information content (AvgIpc) is 2.74. The van der Waals surface area contributed by atoms with Gasteiger partial charge in [0.1, 0.15) is 12.6 Å². The van der Waals surface area contributed by atoms with Crippen molar-refractivity contribution in [3.63, 3.8) is 0 Å². The maximum Gasteiger partial charge on any atom is 0.244 e. The van der Waals surface area contributed by atoms with Gasteiger partial charge in [-0.05, 0) is 57.0 Å². The molecule has 1 atom stereocenters. The van der Waals surface area contributed by atoms with Gasteiger partial charge in [0.2, 0.25) is 21.8 Å². The van der Waals surface area contributed by atoms with E-state index in [9.17, 15) is 18.0 Å². The number of carbonyl (C=O) groups excluding carboxylic acids is 2. The molecule has 11 heteroatoms. The second kappa shape index (κ2) is 12.3. The lowest BCUT2D eigenvalue weighted by Crippen LogP contribution is -2.53. The Morgan fingerprint density at radius 2 is 1.54 bits per heavy atom. The Kier molecular flexibility index (Phi) is 10.3. The third-order valence-electron chi connectivity index (χ3n) is 5.39. The molecule has 0 bridgehead atoms. The molecule has 1 N–H and O–H groups in total. The van der Waals surface area contributed by atoms with Crippen LogP contribution in [0.3, 0.4) is 0 Å². The maximum absolute atomic E-state index is 13.7. The number of hydrogen-bond donors (Lipinski definition) is 1. The lowest BCUT2D eigenvalue weighted by atomic mass is 10.1. The number of carbonyl (C=O) groups is 2. The molecular formula is C24H30Cl3N3O4S. The molecule has 7 nitrogen and oxygen atoms in total. The van der Waals surface area contributed by atoms with Gasteiger partial charge in [-0.15, -0.1) is 0 Å². The highest BCUT2D eigenvalue weighted by atomic mass is 35.5. The third-order valence-corrected chi connectivity index (χ3v) is 7.64. The van der Waals surface area contributed by atoms with E-state index in [4.69, 9.17) is 34.8 Å². The second-order valence-electron chi connectivity index (χ2n) is 8.46. The Morgan fingerprint density at radius 1 is 1.00 bits per heavy atom. The van der Waals surface area contributed by atoms with Crippen molar-refractivity contribution in [3.05, 3.63) is 62.6 Å². The summed E-state index contributed by atoms with van der Waals surface area (Å²) in [6.45, 7) is 6.46. The van der Waals surface area contributed by atoms with Crippen LogP contribution in [0.15, 0.2) is 36.4 Å². The summed E-state index contributed by atoms with van der Waals surface area (Å²) in [6.07, 6.45) is 1.31. The Bertz CT molecular complexity index is 1170. The van der Waals surface area contributed by atoms with Crippen molar-refractivity contribution in [1.82, 2.24) is 10.2 Å². The average molecular weight is 563 g/mol. The molecule has 0 aromatic heterocycles. The van der Waals surface area contributed by atoms with Crippen molar-refractivity contribution >= 4 is 62.3 Å². The first-order valence-corrected chi connectivity index (χ1v) is 14.0. The van der Waals surface area contributed by atoms with Crippen LogP contribution in [-0.2, 0) is 26.2 Å². The molecule has 0 spiro atoms. The van der Waals surface area contributed by atoms with E-state index in [2.05, 4.69) is 5.32 Å². The van der Waals surface area contributed by atoms with Crippen LogP contribution in [0.2, 0.25) is 15.1 Å². The highest BCUT2D eigenvalue weighted by Gasteiger charge is 2.33. The lowest BCUT2D eigenvalue weighted by molar-refractivity contribution is -0.140. The van der Waals surface area contributed by atoms with Crippen LogP contribution in [0.1, 0.15) is 38.3 Å². The van der Waals surface area contributed by atoms with Gasteiger partial charge in [0.15, 0.2) is 0 Å². The Labute approximate surface area is 222 Å². The summed E-state index contributed by atoms with van der Waals surface area (Å²) in [6, 6.07) is 8.75. The highest BCUT2D eigenvalue weighted by Crippen LogP contribution is 2.30. The van der Waals surface area contributed by atoms with Crippen molar-refractivity contribution in [2.45, 2.75) is 52.7 Å². The Hall–Kier alpha value is -2.00. The normalized spacial score (nSPS) is 12.4.